The van der Waals surface area contributed by atoms with Crippen LogP contribution in [0.4, 0.5) is 0 Å². The first-order valence-corrected chi connectivity index (χ1v) is 6.38. The van der Waals surface area contributed by atoms with Crippen LogP contribution in [-0.4, -0.2) is 18.0 Å². The number of hydrogen-bond acceptors (Lipinski definition) is 3. The second-order valence-electron chi connectivity index (χ2n) is 5.12. The van der Waals surface area contributed by atoms with Crippen LogP contribution in [0.3, 0.4) is 0 Å². The maximum atomic E-state index is 6.04. The molecule has 0 bridgehead atoms. The van der Waals surface area contributed by atoms with Gasteiger partial charge in [0.15, 0.2) is 0 Å². The van der Waals surface area contributed by atoms with Crippen molar-refractivity contribution in [2.75, 3.05) is 0 Å². The monoisotopic (exact) mass is 222 g/mol. The molecule has 1 heterocycles. The lowest BCUT2D eigenvalue weighted by Crippen LogP contribution is -2.25. The Hall–Kier alpha value is -0.990. The third-order valence-corrected chi connectivity index (χ3v) is 3.35. The molecule has 90 valence electrons. The van der Waals surface area contributed by atoms with E-state index in [2.05, 4.69) is 4.99 Å². The molecule has 3 heteroatoms. The molecule has 0 aromatic heterocycles. The van der Waals surface area contributed by atoms with Crippen LogP contribution >= 0.6 is 0 Å². The van der Waals surface area contributed by atoms with Crippen molar-refractivity contribution >= 4 is 5.90 Å². The predicted octanol–water partition coefficient (Wildman–Crippen LogP) is 2.62. The number of rotatable bonds is 2. The summed E-state index contributed by atoms with van der Waals surface area (Å²) in [6.07, 6.45) is 8.61. The van der Waals surface area contributed by atoms with Crippen LogP contribution in [0, 0.1) is 5.92 Å². The lowest BCUT2D eigenvalue weighted by atomic mass is 9.83. The van der Waals surface area contributed by atoms with E-state index in [9.17, 15) is 0 Å². The van der Waals surface area contributed by atoms with E-state index >= 15 is 0 Å². The minimum absolute atomic E-state index is 0.174. The molecule has 0 amide bonds. The first kappa shape index (κ1) is 11.5. The lowest BCUT2D eigenvalue weighted by molar-refractivity contribution is 0.228. The zero-order valence-corrected chi connectivity index (χ0v) is 10.3. The standard InChI is InChI=1S/C13H22N2O/c1-9(2)16-12-8-11(14)13(15-12)10-6-4-3-5-7-10/h8-10,13H,3-7,14H2,1-2H3. The van der Waals surface area contributed by atoms with Gasteiger partial charge >= 0.3 is 0 Å². The number of nitrogens with zero attached hydrogens (tertiary/aromatic N) is 1. The van der Waals surface area contributed by atoms with Gasteiger partial charge in [0.25, 0.3) is 0 Å². The molecule has 1 unspecified atom stereocenters. The topological polar surface area (TPSA) is 47.6 Å². The van der Waals surface area contributed by atoms with Crippen molar-refractivity contribution in [3.8, 4) is 0 Å². The maximum Gasteiger partial charge on any atom is 0.211 e. The molecule has 0 aromatic rings. The van der Waals surface area contributed by atoms with Crippen molar-refractivity contribution in [2.24, 2.45) is 16.6 Å². The van der Waals surface area contributed by atoms with Gasteiger partial charge in [0, 0.05) is 11.8 Å². The van der Waals surface area contributed by atoms with Crippen LogP contribution in [-0.2, 0) is 4.74 Å². The fraction of sp³-hybridized carbons (Fsp3) is 0.769. The van der Waals surface area contributed by atoms with Gasteiger partial charge in [0.2, 0.25) is 5.90 Å². The molecule has 2 rings (SSSR count). The molecule has 0 radical (unpaired) electrons. The third kappa shape index (κ3) is 2.57. The van der Waals surface area contributed by atoms with E-state index in [1.165, 1.54) is 32.1 Å². The highest BCUT2D eigenvalue weighted by atomic mass is 16.5. The van der Waals surface area contributed by atoms with Crippen LogP contribution in [0.2, 0.25) is 0 Å². The molecule has 0 spiro atoms. The Kier molecular flexibility index (Phi) is 3.52. The van der Waals surface area contributed by atoms with E-state index in [4.69, 9.17) is 10.5 Å². The number of ether oxygens (including phenoxy) is 1. The van der Waals surface area contributed by atoms with Crippen molar-refractivity contribution in [3.63, 3.8) is 0 Å². The summed E-state index contributed by atoms with van der Waals surface area (Å²) in [5, 5.41) is 0. The van der Waals surface area contributed by atoms with Crippen LogP contribution in [0.1, 0.15) is 46.0 Å². The van der Waals surface area contributed by atoms with Crippen LogP contribution < -0.4 is 5.73 Å². The third-order valence-electron chi connectivity index (χ3n) is 3.35. The van der Waals surface area contributed by atoms with Gasteiger partial charge in [0.05, 0.1) is 12.1 Å². The Morgan fingerprint density at radius 3 is 2.62 bits per heavy atom. The molecule has 16 heavy (non-hydrogen) atoms. The summed E-state index contributed by atoms with van der Waals surface area (Å²) < 4.78 is 5.60. The highest BCUT2D eigenvalue weighted by Gasteiger charge is 2.29. The van der Waals surface area contributed by atoms with Gasteiger partial charge in [-0.2, -0.15) is 0 Å². The minimum Gasteiger partial charge on any atom is -0.475 e. The molecular weight excluding hydrogens is 200 g/mol. The van der Waals surface area contributed by atoms with E-state index in [1.54, 1.807) is 0 Å². The van der Waals surface area contributed by atoms with E-state index in [-0.39, 0.29) is 12.1 Å². The van der Waals surface area contributed by atoms with Crippen molar-refractivity contribution in [1.82, 2.24) is 0 Å². The van der Waals surface area contributed by atoms with Crippen LogP contribution in [0.25, 0.3) is 0 Å². The van der Waals surface area contributed by atoms with Crippen molar-refractivity contribution in [2.45, 2.75) is 58.1 Å². The maximum absolute atomic E-state index is 6.04. The Labute approximate surface area is 97.8 Å². The Morgan fingerprint density at radius 2 is 2.00 bits per heavy atom. The summed E-state index contributed by atoms with van der Waals surface area (Å²) in [5.74, 6) is 1.36. The molecule has 1 aliphatic heterocycles. The lowest BCUT2D eigenvalue weighted by Gasteiger charge is -2.25. The van der Waals surface area contributed by atoms with Gasteiger partial charge < -0.3 is 10.5 Å². The van der Waals surface area contributed by atoms with Crippen molar-refractivity contribution < 1.29 is 4.74 Å². The second kappa shape index (κ2) is 4.89. The Balaban J connectivity index is 2.00. The number of nitrogens with two attached hydrogens (primary N) is 1. The first-order chi connectivity index (χ1) is 7.66. The number of hydrogen-bond donors (Lipinski definition) is 1. The zero-order valence-electron chi connectivity index (χ0n) is 10.3. The summed E-state index contributed by atoms with van der Waals surface area (Å²) in [4.78, 5) is 4.61. The first-order valence-electron chi connectivity index (χ1n) is 6.38. The molecule has 3 nitrogen and oxygen atoms in total. The SMILES string of the molecule is CC(C)OC1=NC(C2CCCCC2)C(N)=C1. The van der Waals surface area contributed by atoms with E-state index in [0.717, 1.165) is 11.6 Å². The van der Waals surface area contributed by atoms with Crippen molar-refractivity contribution in [3.05, 3.63) is 11.8 Å². The van der Waals surface area contributed by atoms with Crippen LogP contribution in [0.5, 0.6) is 0 Å². The summed E-state index contributed by atoms with van der Waals surface area (Å²) >= 11 is 0. The highest BCUT2D eigenvalue weighted by molar-refractivity contribution is 5.91. The van der Waals surface area contributed by atoms with Gasteiger partial charge in [0.1, 0.15) is 0 Å². The quantitative estimate of drug-likeness (QED) is 0.780. The summed E-state index contributed by atoms with van der Waals surface area (Å²) in [6, 6.07) is 0.189. The average Bonchev–Trinajstić information content (AvgIpc) is 2.60. The molecule has 2 aliphatic rings. The minimum atomic E-state index is 0.174. The smallest absolute Gasteiger partial charge is 0.211 e. The molecule has 1 aliphatic carbocycles. The molecule has 1 fully saturated rings. The van der Waals surface area contributed by atoms with Gasteiger partial charge in [-0.3, -0.25) is 0 Å². The normalized spacial score (nSPS) is 26.8. The van der Waals surface area contributed by atoms with E-state index in [1.807, 2.05) is 19.9 Å². The van der Waals surface area contributed by atoms with Crippen molar-refractivity contribution in [1.29, 1.82) is 0 Å². The predicted molar refractivity (Wildman–Crippen MR) is 66.3 cm³/mol. The fourth-order valence-electron chi connectivity index (χ4n) is 2.61. The van der Waals surface area contributed by atoms with E-state index in [0.29, 0.717) is 5.92 Å². The van der Waals surface area contributed by atoms with Gasteiger partial charge in [-0.25, -0.2) is 4.99 Å². The highest BCUT2D eigenvalue weighted by Crippen LogP contribution is 2.32. The Morgan fingerprint density at radius 1 is 1.31 bits per heavy atom. The number of aliphatic imine (C=N–C) groups is 1. The second-order valence-corrected chi connectivity index (χ2v) is 5.12. The summed E-state index contributed by atoms with van der Waals surface area (Å²) in [5.41, 5.74) is 6.93. The Bertz CT molecular complexity index is 301. The molecule has 1 atom stereocenters. The molecule has 0 aromatic carbocycles. The molecule has 2 N–H and O–H groups in total. The summed E-state index contributed by atoms with van der Waals surface area (Å²) in [6.45, 7) is 4.03. The fourth-order valence-corrected chi connectivity index (χ4v) is 2.61. The summed E-state index contributed by atoms with van der Waals surface area (Å²) in [7, 11) is 0. The van der Waals surface area contributed by atoms with Gasteiger partial charge in [-0.1, -0.05) is 19.3 Å². The van der Waals surface area contributed by atoms with Crippen LogP contribution in [0.15, 0.2) is 16.8 Å². The van der Waals surface area contributed by atoms with E-state index < -0.39 is 0 Å². The molecule has 1 saturated carbocycles. The zero-order chi connectivity index (χ0) is 11.5. The molecule has 0 saturated heterocycles. The molecular formula is C13H22N2O. The van der Waals surface area contributed by atoms with Gasteiger partial charge in [-0.05, 0) is 32.6 Å². The largest absolute Gasteiger partial charge is 0.475 e. The average molecular weight is 222 g/mol. The van der Waals surface area contributed by atoms with Gasteiger partial charge in [-0.15, -0.1) is 0 Å².